The third-order valence-electron chi connectivity index (χ3n) is 4.26. The van der Waals surface area contributed by atoms with Crippen molar-refractivity contribution in [2.75, 3.05) is 23.8 Å². The van der Waals surface area contributed by atoms with Crippen LogP contribution in [-0.4, -0.2) is 25.0 Å². The van der Waals surface area contributed by atoms with E-state index in [9.17, 15) is 9.59 Å². The maximum atomic E-state index is 12.8. The Kier molecular flexibility index (Phi) is 7.05. The van der Waals surface area contributed by atoms with Gasteiger partial charge in [0.05, 0.1) is 24.3 Å². The third kappa shape index (κ3) is 5.38. The second-order valence-electron chi connectivity index (χ2n) is 6.37. The van der Waals surface area contributed by atoms with Crippen LogP contribution in [0.15, 0.2) is 72.8 Å². The summed E-state index contributed by atoms with van der Waals surface area (Å²) in [5.74, 6) is 0.726. The van der Waals surface area contributed by atoms with Crippen LogP contribution in [0.5, 0.6) is 11.5 Å². The molecule has 0 fully saturated rings. The van der Waals surface area contributed by atoms with Gasteiger partial charge in [0.2, 0.25) is 0 Å². The molecule has 0 aromatic heterocycles. The summed E-state index contributed by atoms with van der Waals surface area (Å²) in [6, 6.07) is 20.8. The standard InChI is InChI=1S/C24H24N2O4/c1-3-29-19-13-9-17(10-14-19)25-23(27)21-7-5-6-8-22(21)24(28)26-18-11-15-20(16-12-18)30-4-2/h5-16H,3-4H2,1-2H3,(H,25,27)(H,26,28). The number of hydrogen-bond acceptors (Lipinski definition) is 4. The van der Waals surface area contributed by atoms with Gasteiger partial charge in [0, 0.05) is 11.4 Å². The zero-order valence-corrected chi connectivity index (χ0v) is 17.0. The van der Waals surface area contributed by atoms with Crippen molar-refractivity contribution >= 4 is 23.2 Å². The molecule has 2 N–H and O–H groups in total. The molecule has 154 valence electrons. The summed E-state index contributed by atoms with van der Waals surface area (Å²) in [6.07, 6.45) is 0. The molecule has 0 radical (unpaired) electrons. The van der Waals surface area contributed by atoms with Crippen LogP contribution in [-0.2, 0) is 0 Å². The van der Waals surface area contributed by atoms with Gasteiger partial charge in [-0.25, -0.2) is 0 Å². The average Bonchev–Trinajstić information content (AvgIpc) is 2.77. The Morgan fingerprint density at radius 2 is 1.00 bits per heavy atom. The molecule has 0 saturated heterocycles. The van der Waals surface area contributed by atoms with Gasteiger partial charge < -0.3 is 20.1 Å². The minimum atomic E-state index is -0.364. The first-order valence-electron chi connectivity index (χ1n) is 9.78. The van der Waals surface area contributed by atoms with Crippen molar-refractivity contribution in [1.82, 2.24) is 0 Å². The summed E-state index contributed by atoms with van der Waals surface area (Å²) in [7, 11) is 0. The molecule has 0 atom stereocenters. The second kappa shape index (κ2) is 10.1. The van der Waals surface area contributed by atoms with Crippen LogP contribution in [0, 0.1) is 0 Å². The zero-order valence-electron chi connectivity index (χ0n) is 17.0. The highest BCUT2D eigenvalue weighted by Gasteiger charge is 2.17. The lowest BCUT2D eigenvalue weighted by atomic mass is 10.1. The number of nitrogens with one attached hydrogen (secondary N) is 2. The molecule has 6 heteroatoms. The Labute approximate surface area is 175 Å². The Balaban J connectivity index is 1.72. The molecule has 6 nitrogen and oxygen atoms in total. The summed E-state index contributed by atoms with van der Waals surface area (Å²) in [5, 5.41) is 5.63. The molecule has 3 aromatic carbocycles. The van der Waals surface area contributed by atoms with Gasteiger partial charge in [0.25, 0.3) is 11.8 Å². The predicted molar refractivity (Wildman–Crippen MR) is 118 cm³/mol. The molecule has 0 unspecified atom stereocenters. The molecule has 0 saturated carbocycles. The molecular weight excluding hydrogens is 380 g/mol. The van der Waals surface area contributed by atoms with Gasteiger partial charge in [-0.05, 0) is 74.5 Å². The van der Waals surface area contributed by atoms with E-state index in [1.165, 1.54) is 0 Å². The Morgan fingerprint density at radius 1 is 0.633 bits per heavy atom. The number of ether oxygens (including phenoxy) is 2. The third-order valence-corrected chi connectivity index (χ3v) is 4.26. The molecule has 3 rings (SSSR count). The van der Waals surface area contributed by atoms with Gasteiger partial charge in [0.1, 0.15) is 11.5 Å². The van der Waals surface area contributed by atoms with Crippen molar-refractivity contribution in [3.8, 4) is 11.5 Å². The van der Waals surface area contributed by atoms with Crippen LogP contribution in [0.1, 0.15) is 34.6 Å². The first-order chi connectivity index (χ1) is 14.6. The van der Waals surface area contributed by atoms with Gasteiger partial charge in [-0.3, -0.25) is 9.59 Å². The Bertz CT molecular complexity index is 916. The van der Waals surface area contributed by atoms with Crippen molar-refractivity contribution in [1.29, 1.82) is 0 Å². The smallest absolute Gasteiger partial charge is 0.256 e. The largest absolute Gasteiger partial charge is 0.494 e. The van der Waals surface area contributed by atoms with E-state index in [1.807, 2.05) is 13.8 Å². The summed E-state index contributed by atoms with van der Waals surface area (Å²) < 4.78 is 10.8. The van der Waals surface area contributed by atoms with E-state index in [2.05, 4.69) is 10.6 Å². The van der Waals surface area contributed by atoms with Crippen molar-refractivity contribution in [2.45, 2.75) is 13.8 Å². The average molecular weight is 404 g/mol. The lowest BCUT2D eigenvalue weighted by molar-refractivity contribution is 0.0990. The monoisotopic (exact) mass is 404 g/mol. The number of amides is 2. The first-order valence-corrected chi connectivity index (χ1v) is 9.78. The molecule has 0 spiro atoms. The minimum absolute atomic E-state index is 0.287. The summed E-state index contributed by atoms with van der Waals surface area (Å²) in [6.45, 7) is 4.96. The molecule has 0 aliphatic rings. The van der Waals surface area contributed by atoms with Gasteiger partial charge >= 0.3 is 0 Å². The van der Waals surface area contributed by atoms with E-state index in [0.717, 1.165) is 11.5 Å². The molecule has 30 heavy (non-hydrogen) atoms. The van der Waals surface area contributed by atoms with Crippen LogP contribution in [0.25, 0.3) is 0 Å². The fourth-order valence-corrected chi connectivity index (χ4v) is 2.88. The van der Waals surface area contributed by atoms with E-state index < -0.39 is 0 Å². The zero-order chi connectivity index (χ0) is 21.3. The molecule has 0 bridgehead atoms. The fourth-order valence-electron chi connectivity index (χ4n) is 2.88. The number of hydrogen-bond donors (Lipinski definition) is 2. The fraction of sp³-hybridized carbons (Fsp3) is 0.167. The second-order valence-corrected chi connectivity index (χ2v) is 6.37. The normalized spacial score (nSPS) is 10.2. The molecule has 0 heterocycles. The maximum absolute atomic E-state index is 12.8. The molecule has 3 aromatic rings. The molecule has 0 aliphatic carbocycles. The highest BCUT2D eigenvalue weighted by atomic mass is 16.5. The van der Waals surface area contributed by atoms with Gasteiger partial charge in [-0.2, -0.15) is 0 Å². The van der Waals surface area contributed by atoms with E-state index in [-0.39, 0.29) is 22.9 Å². The molecular formula is C24H24N2O4. The van der Waals surface area contributed by atoms with E-state index in [0.29, 0.717) is 24.6 Å². The van der Waals surface area contributed by atoms with E-state index in [4.69, 9.17) is 9.47 Å². The quantitative estimate of drug-likeness (QED) is 0.555. The van der Waals surface area contributed by atoms with E-state index >= 15 is 0 Å². The van der Waals surface area contributed by atoms with Crippen molar-refractivity contribution in [3.05, 3.63) is 83.9 Å². The number of carbonyl (C=O) groups is 2. The van der Waals surface area contributed by atoms with Gasteiger partial charge in [-0.15, -0.1) is 0 Å². The number of rotatable bonds is 8. The lowest BCUT2D eigenvalue weighted by Gasteiger charge is -2.12. The predicted octanol–water partition coefficient (Wildman–Crippen LogP) is 4.99. The van der Waals surface area contributed by atoms with Crippen molar-refractivity contribution in [3.63, 3.8) is 0 Å². The SMILES string of the molecule is CCOc1ccc(NC(=O)c2ccccc2C(=O)Nc2ccc(OCC)cc2)cc1. The Morgan fingerprint density at radius 3 is 1.33 bits per heavy atom. The van der Waals surface area contributed by atoms with Gasteiger partial charge in [0.15, 0.2) is 0 Å². The van der Waals surface area contributed by atoms with Crippen molar-refractivity contribution < 1.29 is 19.1 Å². The topological polar surface area (TPSA) is 76.7 Å². The van der Waals surface area contributed by atoms with Crippen molar-refractivity contribution in [2.24, 2.45) is 0 Å². The summed E-state index contributed by atoms with van der Waals surface area (Å²) in [5.41, 5.74) is 1.81. The highest BCUT2D eigenvalue weighted by molar-refractivity contribution is 6.15. The van der Waals surface area contributed by atoms with Crippen LogP contribution in [0.4, 0.5) is 11.4 Å². The maximum Gasteiger partial charge on any atom is 0.256 e. The van der Waals surface area contributed by atoms with Crippen LogP contribution < -0.4 is 20.1 Å². The Hall–Kier alpha value is -3.80. The van der Waals surface area contributed by atoms with Crippen LogP contribution in [0.3, 0.4) is 0 Å². The van der Waals surface area contributed by atoms with Crippen LogP contribution >= 0.6 is 0 Å². The number of anilines is 2. The van der Waals surface area contributed by atoms with Crippen LogP contribution in [0.2, 0.25) is 0 Å². The minimum Gasteiger partial charge on any atom is -0.494 e. The molecule has 0 aliphatic heterocycles. The van der Waals surface area contributed by atoms with Gasteiger partial charge in [-0.1, -0.05) is 12.1 Å². The number of carbonyl (C=O) groups excluding carboxylic acids is 2. The lowest BCUT2D eigenvalue weighted by Crippen LogP contribution is -2.20. The first kappa shape index (κ1) is 20.9. The highest BCUT2D eigenvalue weighted by Crippen LogP contribution is 2.20. The molecule has 2 amide bonds. The summed E-state index contributed by atoms with van der Waals surface area (Å²) >= 11 is 0. The van der Waals surface area contributed by atoms with E-state index in [1.54, 1.807) is 72.8 Å². The number of benzene rings is 3. The summed E-state index contributed by atoms with van der Waals surface area (Å²) in [4.78, 5) is 25.6.